The van der Waals surface area contributed by atoms with E-state index in [9.17, 15) is 9.59 Å². The topological polar surface area (TPSA) is 61.4 Å². The van der Waals surface area contributed by atoms with Gasteiger partial charge in [-0.15, -0.1) is 11.8 Å². The van der Waals surface area contributed by atoms with Crippen molar-refractivity contribution in [1.82, 2.24) is 15.5 Å². The molecule has 1 heterocycles. The van der Waals surface area contributed by atoms with Gasteiger partial charge in [-0.2, -0.15) is 0 Å². The Morgan fingerprint density at radius 2 is 1.91 bits per heavy atom. The molecule has 2 amide bonds. The van der Waals surface area contributed by atoms with Gasteiger partial charge in [0.1, 0.15) is 0 Å². The maximum Gasteiger partial charge on any atom is 0.257 e. The molecule has 0 radical (unpaired) electrons. The third kappa shape index (κ3) is 8.03. The van der Waals surface area contributed by atoms with Gasteiger partial charge in [0, 0.05) is 41.9 Å². The summed E-state index contributed by atoms with van der Waals surface area (Å²) in [6.45, 7) is 12.9. The van der Waals surface area contributed by atoms with Gasteiger partial charge in [0.15, 0.2) is 0 Å². The van der Waals surface area contributed by atoms with Crippen LogP contribution in [0.15, 0.2) is 29.2 Å². The molecule has 2 fully saturated rings. The molecule has 0 bridgehead atoms. The average molecular weight is 506 g/mol. The number of hydrogen-bond acceptors (Lipinski definition) is 4. The van der Waals surface area contributed by atoms with E-state index in [2.05, 4.69) is 43.2 Å². The van der Waals surface area contributed by atoms with Crippen LogP contribution in [0.5, 0.6) is 0 Å². The van der Waals surface area contributed by atoms with Crippen LogP contribution < -0.4 is 10.6 Å². The van der Waals surface area contributed by atoms with Crippen molar-refractivity contribution in [2.24, 2.45) is 17.8 Å². The van der Waals surface area contributed by atoms with Gasteiger partial charge in [-0.25, -0.2) is 0 Å². The first-order chi connectivity index (χ1) is 16.2. The van der Waals surface area contributed by atoms with Crippen LogP contribution in [0, 0.1) is 17.8 Å². The molecule has 7 heteroatoms. The zero-order valence-electron chi connectivity index (χ0n) is 21.0. The highest BCUT2D eigenvalue weighted by atomic mass is 35.5. The molecule has 5 nitrogen and oxygen atoms in total. The van der Waals surface area contributed by atoms with Crippen molar-refractivity contribution < 1.29 is 9.59 Å². The van der Waals surface area contributed by atoms with Crippen molar-refractivity contribution in [3.8, 4) is 0 Å². The van der Waals surface area contributed by atoms with Gasteiger partial charge in [-0.1, -0.05) is 57.5 Å². The summed E-state index contributed by atoms with van der Waals surface area (Å²) >= 11 is 7.89. The fraction of sp³-hybridized carbons (Fsp3) is 0.630. The van der Waals surface area contributed by atoms with Crippen LogP contribution in [0.2, 0.25) is 5.02 Å². The predicted molar refractivity (Wildman–Crippen MR) is 144 cm³/mol. The second-order valence-corrected chi connectivity index (χ2v) is 12.2. The van der Waals surface area contributed by atoms with Gasteiger partial charge in [0.25, 0.3) is 5.91 Å². The molecule has 1 saturated heterocycles. The van der Waals surface area contributed by atoms with Gasteiger partial charge in [0.05, 0.1) is 4.91 Å². The lowest BCUT2D eigenvalue weighted by atomic mass is 9.84. The summed E-state index contributed by atoms with van der Waals surface area (Å²) < 4.78 is 0. The van der Waals surface area contributed by atoms with Crippen LogP contribution in [0.4, 0.5) is 0 Å². The summed E-state index contributed by atoms with van der Waals surface area (Å²) in [6, 6.07) is 7.59. The van der Waals surface area contributed by atoms with Crippen molar-refractivity contribution >= 4 is 41.3 Å². The van der Waals surface area contributed by atoms with E-state index < -0.39 is 0 Å². The fourth-order valence-electron chi connectivity index (χ4n) is 4.91. The summed E-state index contributed by atoms with van der Waals surface area (Å²) in [5.41, 5.74) is 0.855. The molecule has 2 aliphatic rings. The van der Waals surface area contributed by atoms with Gasteiger partial charge in [0.2, 0.25) is 5.91 Å². The van der Waals surface area contributed by atoms with Crippen LogP contribution in [-0.2, 0) is 9.59 Å². The lowest BCUT2D eigenvalue weighted by molar-refractivity contribution is -0.127. The Kier molecular flexibility index (Phi) is 10.3. The number of rotatable bonds is 10. The first kappa shape index (κ1) is 27.1. The minimum absolute atomic E-state index is 0.0290. The van der Waals surface area contributed by atoms with Crippen LogP contribution in [0.1, 0.15) is 58.9 Å². The monoisotopic (exact) mass is 505 g/mol. The Morgan fingerprint density at radius 3 is 2.59 bits per heavy atom. The second kappa shape index (κ2) is 13.0. The molecule has 1 aliphatic heterocycles. The number of thioether (sulfide) groups is 1. The van der Waals surface area contributed by atoms with E-state index in [4.69, 9.17) is 11.6 Å². The Hall–Kier alpha value is -1.50. The Labute approximate surface area is 214 Å². The smallest absolute Gasteiger partial charge is 0.257 e. The lowest BCUT2D eigenvalue weighted by Gasteiger charge is -2.39. The summed E-state index contributed by atoms with van der Waals surface area (Å²) in [7, 11) is 0. The second-order valence-electron chi connectivity index (χ2n) is 10.5. The molecule has 1 saturated carbocycles. The van der Waals surface area contributed by atoms with Crippen molar-refractivity contribution in [1.29, 1.82) is 0 Å². The Morgan fingerprint density at radius 1 is 1.21 bits per heavy atom. The third-order valence-corrected chi connectivity index (χ3v) is 8.13. The number of amides is 2. The quantitative estimate of drug-likeness (QED) is 0.339. The number of nitrogens with zero attached hydrogens (tertiary/aromatic N) is 1. The van der Waals surface area contributed by atoms with Gasteiger partial charge in [-0.05, 0) is 61.8 Å². The molecule has 34 heavy (non-hydrogen) atoms. The zero-order chi connectivity index (χ0) is 24.7. The molecule has 0 aromatic heterocycles. The molecule has 3 atom stereocenters. The lowest BCUT2D eigenvalue weighted by Crippen LogP contribution is -2.51. The molecule has 0 spiro atoms. The molecule has 188 valence electrons. The highest BCUT2D eigenvalue weighted by molar-refractivity contribution is 8.04. The van der Waals surface area contributed by atoms with E-state index >= 15 is 0 Å². The standard InChI is InChI=1S/C27H40ClN3O2S/c1-18(2)16-31(17-19(3)4)13-7-12-29-26(32)21-10-11-24-23(14-21)30-27(33)25(34-24)15-20-8-5-6-9-22(20)28/h5-6,8-9,15,18-19,21,23-24H,7,10-14,16-17H2,1-4H3,(H,29,32)(H,30,33)/b25-15+. The number of carbonyl (C=O) groups is 2. The van der Waals surface area contributed by atoms with Crippen molar-refractivity contribution in [2.75, 3.05) is 26.2 Å². The molecule has 1 aromatic rings. The number of nitrogens with one attached hydrogen (secondary N) is 2. The molecular formula is C27H40ClN3O2S. The summed E-state index contributed by atoms with van der Waals surface area (Å²) in [5, 5.41) is 7.25. The van der Waals surface area contributed by atoms with Gasteiger partial charge < -0.3 is 15.5 Å². The summed E-state index contributed by atoms with van der Waals surface area (Å²) in [4.78, 5) is 28.8. The number of benzene rings is 1. The number of carbonyl (C=O) groups excluding carboxylic acids is 2. The van der Waals surface area contributed by atoms with Gasteiger partial charge >= 0.3 is 0 Å². The van der Waals surface area contributed by atoms with E-state index in [-0.39, 0.29) is 23.8 Å². The summed E-state index contributed by atoms with van der Waals surface area (Å²) in [5.74, 6) is 1.33. The normalized spacial score (nSPS) is 23.9. The largest absolute Gasteiger partial charge is 0.356 e. The predicted octanol–water partition coefficient (Wildman–Crippen LogP) is 5.20. The highest BCUT2D eigenvalue weighted by Crippen LogP contribution is 2.40. The first-order valence-corrected chi connectivity index (χ1v) is 13.9. The van der Waals surface area contributed by atoms with Crippen LogP contribution in [0.3, 0.4) is 0 Å². The van der Waals surface area contributed by atoms with Crippen molar-refractivity contribution in [3.63, 3.8) is 0 Å². The minimum Gasteiger partial charge on any atom is -0.356 e. The van der Waals surface area contributed by atoms with E-state index in [1.807, 2.05) is 30.3 Å². The molecular weight excluding hydrogens is 466 g/mol. The van der Waals surface area contributed by atoms with E-state index in [0.717, 1.165) is 44.5 Å². The molecule has 3 rings (SSSR count). The van der Waals surface area contributed by atoms with Crippen molar-refractivity contribution in [2.45, 2.75) is 64.7 Å². The number of fused-ring (bicyclic) bond motifs is 1. The first-order valence-electron chi connectivity index (χ1n) is 12.7. The molecule has 3 unspecified atom stereocenters. The van der Waals surface area contributed by atoms with E-state index in [0.29, 0.717) is 40.0 Å². The molecule has 2 N–H and O–H groups in total. The van der Waals surface area contributed by atoms with Crippen molar-refractivity contribution in [3.05, 3.63) is 39.8 Å². The van der Waals surface area contributed by atoms with Crippen LogP contribution in [0.25, 0.3) is 6.08 Å². The maximum atomic E-state index is 12.8. The summed E-state index contributed by atoms with van der Waals surface area (Å²) in [6.07, 6.45) is 5.33. The third-order valence-electron chi connectivity index (χ3n) is 6.37. The molecule has 1 aliphatic carbocycles. The maximum absolute atomic E-state index is 12.8. The van der Waals surface area contributed by atoms with Gasteiger partial charge in [-0.3, -0.25) is 9.59 Å². The van der Waals surface area contributed by atoms with Crippen LogP contribution >= 0.6 is 23.4 Å². The van der Waals surface area contributed by atoms with E-state index in [1.54, 1.807) is 11.8 Å². The minimum atomic E-state index is -0.0670. The number of halogens is 1. The average Bonchev–Trinajstić information content (AvgIpc) is 2.77. The zero-order valence-corrected chi connectivity index (χ0v) is 22.6. The fourth-order valence-corrected chi connectivity index (χ4v) is 6.39. The number of hydrogen-bond donors (Lipinski definition) is 2. The molecule has 1 aromatic carbocycles. The highest BCUT2D eigenvalue weighted by Gasteiger charge is 2.39. The Bertz CT molecular complexity index is 863. The van der Waals surface area contributed by atoms with E-state index in [1.165, 1.54) is 0 Å². The Balaban J connectivity index is 1.46. The SMILES string of the molecule is CC(C)CN(CCCNC(=O)C1CCC2S/C(=C/c3ccccc3Cl)C(=O)NC2C1)CC(C)C. The van der Waals surface area contributed by atoms with Crippen LogP contribution in [-0.4, -0.2) is 54.2 Å².